The van der Waals surface area contributed by atoms with Crippen molar-refractivity contribution in [2.24, 2.45) is 21.5 Å². The number of rotatable bonds is 35. The number of benzene rings is 2. The summed E-state index contributed by atoms with van der Waals surface area (Å²) in [5, 5.41) is 24.9. The Hall–Kier alpha value is -4.85. The van der Waals surface area contributed by atoms with Crippen molar-refractivity contribution in [1.82, 2.24) is 31.9 Å². The number of amides is 6. The summed E-state index contributed by atoms with van der Waals surface area (Å²) in [6, 6.07) is 13.2. The lowest BCUT2D eigenvalue weighted by molar-refractivity contribution is -0.122. The maximum atomic E-state index is 13.4. The molecular formula is C52H77IN12O8S2. The molecule has 0 radical (unpaired) electrons. The van der Waals surface area contributed by atoms with Crippen molar-refractivity contribution in [3.05, 3.63) is 57.2 Å². The largest absolute Gasteiger partial charge is 0.377 e. The van der Waals surface area contributed by atoms with Crippen molar-refractivity contribution in [2.45, 2.75) is 137 Å². The van der Waals surface area contributed by atoms with Crippen molar-refractivity contribution >= 4 is 105 Å². The number of nitrogens with one attached hydrogen (secondary N) is 8. The molecule has 23 heteroatoms. The second-order valence-electron chi connectivity index (χ2n) is 19.2. The van der Waals surface area contributed by atoms with Crippen LogP contribution in [0.2, 0.25) is 0 Å². The number of unbranched alkanes of at least 4 members (excludes halogenated alkanes) is 6. The van der Waals surface area contributed by atoms with Gasteiger partial charge >= 0.3 is 0 Å². The van der Waals surface area contributed by atoms with Crippen LogP contribution in [0.3, 0.4) is 0 Å². The lowest BCUT2D eigenvalue weighted by Crippen LogP contribution is -2.38. The fourth-order valence-electron chi connectivity index (χ4n) is 9.30. The molecule has 0 aromatic heterocycles. The van der Waals surface area contributed by atoms with Crippen LogP contribution >= 0.6 is 46.1 Å². The molecule has 0 bridgehead atoms. The predicted octanol–water partition coefficient (Wildman–Crippen LogP) is 4.38. The van der Waals surface area contributed by atoms with Gasteiger partial charge in [0.15, 0.2) is 11.9 Å². The molecular weight excluding hydrogens is 1110 g/mol. The molecule has 0 unspecified atom stereocenters. The minimum atomic E-state index is -0.414. The highest BCUT2D eigenvalue weighted by molar-refractivity contribution is 14.1. The quantitative estimate of drug-likeness (QED) is 0.0339. The molecule has 4 heterocycles. The molecule has 412 valence electrons. The average Bonchev–Trinajstić information content (AvgIpc) is 4.15. The number of ether oxygens (including phenoxy) is 2. The van der Waals surface area contributed by atoms with Crippen LogP contribution in [0.15, 0.2) is 52.4 Å². The van der Waals surface area contributed by atoms with Gasteiger partial charge in [0, 0.05) is 99.9 Å². The highest BCUT2D eigenvalue weighted by atomic mass is 127. The van der Waals surface area contributed by atoms with E-state index in [0.717, 1.165) is 53.6 Å². The standard InChI is InChI=1S/C52H77IN12O8S2/c53-36-13-11-12-34(28-36)49(70)58-22-24-72-26-27-73-25-23-59-50(71)35-29-37(60-45(68)18-5-1-3-16-43(66)56-20-9-7-14-41-47-39(32-74-41)62-51(54)64-47)31-38(30-35)61-46(69)19-6-2-4-17-44(67)57-21-10-8-15-42-48-40(33-75-42)63-52(55)65-48/h11-13,28-31,39-42,47-48H,1-10,14-27,32-33H2,(H,56,66)(H,57,67)(H,58,70)(H,59,71)(H,60,68)(H,61,69)(H3,54,62,64)(H3,55,63,65)/t39-,40-,41-,42-,47-,48-/m0/s1. The van der Waals surface area contributed by atoms with Crippen LogP contribution in [0.1, 0.15) is 123 Å². The molecule has 4 aliphatic heterocycles. The van der Waals surface area contributed by atoms with Crippen molar-refractivity contribution in [2.75, 3.05) is 74.7 Å². The van der Waals surface area contributed by atoms with E-state index in [1.807, 2.05) is 41.7 Å². The number of anilines is 2. The number of guanidine groups is 2. The van der Waals surface area contributed by atoms with Gasteiger partial charge in [0.2, 0.25) is 23.6 Å². The van der Waals surface area contributed by atoms with E-state index in [9.17, 15) is 28.8 Å². The van der Waals surface area contributed by atoms with Crippen LogP contribution in [-0.4, -0.2) is 146 Å². The third-order valence-electron chi connectivity index (χ3n) is 13.2. The number of nitrogens with zero attached hydrogens (tertiary/aromatic N) is 2. The zero-order chi connectivity index (χ0) is 53.2. The summed E-state index contributed by atoms with van der Waals surface area (Å²) < 4.78 is 12.2. The highest BCUT2D eigenvalue weighted by Gasteiger charge is 2.41. The summed E-state index contributed by atoms with van der Waals surface area (Å²) in [5.41, 5.74) is 13.2. The Morgan fingerprint density at radius 2 is 1.01 bits per heavy atom. The molecule has 6 amide bonds. The molecule has 0 spiro atoms. The van der Waals surface area contributed by atoms with Crippen LogP contribution in [-0.2, 0) is 28.7 Å². The zero-order valence-electron chi connectivity index (χ0n) is 42.9. The second kappa shape index (κ2) is 32.7. The molecule has 4 aliphatic rings. The van der Waals surface area contributed by atoms with Gasteiger partial charge < -0.3 is 63.5 Å². The van der Waals surface area contributed by atoms with Crippen LogP contribution in [0.4, 0.5) is 11.4 Å². The smallest absolute Gasteiger partial charge is 0.251 e. The molecule has 0 saturated carbocycles. The van der Waals surface area contributed by atoms with Gasteiger partial charge in [-0.05, 0) is 110 Å². The minimum absolute atomic E-state index is 0.00647. The molecule has 0 aliphatic carbocycles. The van der Waals surface area contributed by atoms with Crippen LogP contribution in [0.5, 0.6) is 0 Å². The van der Waals surface area contributed by atoms with Gasteiger partial charge in [0.1, 0.15) is 0 Å². The van der Waals surface area contributed by atoms with Gasteiger partial charge in [-0.25, -0.2) is 9.98 Å². The number of fused-ring (bicyclic) bond motifs is 2. The van der Waals surface area contributed by atoms with E-state index >= 15 is 0 Å². The number of thioether (sulfide) groups is 2. The fraction of sp³-hybridized carbons (Fsp3) is 0.615. The highest BCUT2D eigenvalue weighted by Crippen LogP contribution is 2.36. The Morgan fingerprint density at radius 1 is 0.547 bits per heavy atom. The maximum absolute atomic E-state index is 13.4. The molecule has 2 saturated heterocycles. The van der Waals surface area contributed by atoms with Crippen LogP contribution in [0.25, 0.3) is 0 Å². The Kier molecular flexibility index (Phi) is 25.9. The van der Waals surface area contributed by atoms with E-state index < -0.39 is 5.91 Å². The summed E-state index contributed by atoms with van der Waals surface area (Å²) in [6.07, 6.45) is 11.0. The summed E-state index contributed by atoms with van der Waals surface area (Å²) in [5.74, 6) is 2.05. The lowest BCUT2D eigenvalue weighted by Gasteiger charge is -2.14. The number of aliphatic imine (C=N–C) groups is 2. The van der Waals surface area contributed by atoms with E-state index in [0.29, 0.717) is 136 Å². The molecule has 2 aromatic rings. The molecule has 2 fully saturated rings. The first-order valence-corrected chi connectivity index (χ1v) is 29.8. The number of carbonyl (C=O) groups excluding carboxylic acids is 6. The van der Waals surface area contributed by atoms with Gasteiger partial charge in [-0.2, -0.15) is 23.5 Å². The van der Waals surface area contributed by atoms with Gasteiger partial charge in [0.25, 0.3) is 11.8 Å². The number of hydrogen-bond donors (Lipinski definition) is 10. The van der Waals surface area contributed by atoms with E-state index in [1.165, 1.54) is 0 Å². The van der Waals surface area contributed by atoms with E-state index in [-0.39, 0.29) is 79.8 Å². The Bertz CT molecular complexity index is 2170. The summed E-state index contributed by atoms with van der Waals surface area (Å²) in [7, 11) is 0. The first kappa shape index (κ1) is 59.4. The number of nitrogens with two attached hydrogens (primary N) is 2. The van der Waals surface area contributed by atoms with Crippen LogP contribution in [0, 0.1) is 3.57 Å². The van der Waals surface area contributed by atoms with Crippen molar-refractivity contribution < 1.29 is 38.2 Å². The Morgan fingerprint density at radius 3 is 1.49 bits per heavy atom. The van der Waals surface area contributed by atoms with Crippen LogP contribution < -0.4 is 54.0 Å². The molecule has 2 aromatic carbocycles. The third-order valence-corrected chi connectivity index (χ3v) is 16.8. The molecule has 6 atom stereocenters. The summed E-state index contributed by atoms with van der Waals surface area (Å²) in [6.45, 7) is 2.96. The molecule has 12 N–H and O–H groups in total. The molecule has 20 nitrogen and oxygen atoms in total. The number of carbonyl (C=O) groups is 6. The SMILES string of the molecule is NC1=N[C@H]2[C@H](CS[C@H]2CCCCNC(=O)CCCCCC(=O)Nc2cc(NC(=O)CCCCCC(=O)NCCCC[C@@H]3SC[C@@H]4NC(N)=N[C@@H]43)cc(C(=O)NCCOCCOCCNC(=O)c3cccc(I)c3)c2)N1. The number of halogens is 1. The first-order valence-electron chi connectivity index (χ1n) is 26.6. The van der Waals surface area contributed by atoms with Crippen molar-refractivity contribution in [3.63, 3.8) is 0 Å². The topological polar surface area (TPSA) is 294 Å². The monoisotopic (exact) mass is 1190 g/mol. The molecule has 6 rings (SSSR count). The van der Waals surface area contributed by atoms with Crippen molar-refractivity contribution in [3.8, 4) is 0 Å². The van der Waals surface area contributed by atoms with Crippen molar-refractivity contribution in [1.29, 1.82) is 0 Å². The number of hydrogen-bond acceptors (Lipinski definition) is 16. The summed E-state index contributed by atoms with van der Waals surface area (Å²) >= 11 is 6.04. The van der Waals surface area contributed by atoms with E-state index in [4.69, 9.17) is 20.9 Å². The first-order chi connectivity index (χ1) is 36.4. The van der Waals surface area contributed by atoms with Gasteiger partial charge in [-0.1, -0.05) is 31.7 Å². The Balaban J connectivity index is 0.852. The minimum Gasteiger partial charge on any atom is -0.377 e. The fourth-order valence-corrected chi connectivity index (χ4v) is 12.9. The zero-order valence-corrected chi connectivity index (χ0v) is 46.7. The lowest BCUT2D eigenvalue weighted by atomic mass is 10.0. The average molecular weight is 1190 g/mol. The Labute approximate surface area is 463 Å². The van der Waals surface area contributed by atoms with E-state index in [1.54, 1.807) is 24.3 Å². The maximum Gasteiger partial charge on any atom is 0.251 e. The van der Waals surface area contributed by atoms with Gasteiger partial charge in [-0.3, -0.25) is 28.8 Å². The van der Waals surface area contributed by atoms with Gasteiger partial charge in [0.05, 0.1) is 50.6 Å². The second-order valence-corrected chi connectivity index (χ2v) is 23.0. The normalized spacial score (nSPS) is 20.2. The summed E-state index contributed by atoms with van der Waals surface area (Å²) in [4.78, 5) is 85.9. The molecule has 75 heavy (non-hydrogen) atoms. The predicted molar refractivity (Wildman–Crippen MR) is 306 cm³/mol. The third kappa shape index (κ3) is 21.6. The van der Waals surface area contributed by atoms with Gasteiger partial charge in [-0.15, -0.1) is 0 Å². The van der Waals surface area contributed by atoms with E-state index in [2.05, 4.69) is 75.1 Å².